The maximum Gasteiger partial charge on any atom is 0.255 e. The number of carbonyl (C=O) groups excluding carboxylic acids is 2. The van der Waals surface area contributed by atoms with Crippen molar-refractivity contribution in [1.82, 2.24) is 4.98 Å². The molecule has 0 spiro atoms. The number of rotatable bonds is 7. The summed E-state index contributed by atoms with van der Waals surface area (Å²) in [6.07, 6.45) is 4.78. The van der Waals surface area contributed by atoms with Crippen molar-refractivity contribution < 1.29 is 19.1 Å². The number of hydrogen-bond acceptors (Lipinski definition) is 5. The molecule has 1 fully saturated rings. The second kappa shape index (κ2) is 9.30. The van der Waals surface area contributed by atoms with E-state index in [2.05, 4.69) is 10.3 Å². The van der Waals surface area contributed by atoms with Crippen LogP contribution in [0, 0.1) is 0 Å². The Balaban J connectivity index is 1.47. The number of aromatic nitrogens is 1. The van der Waals surface area contributed by atoms with Crippen molar-refractivity contribution in [2.75, 3.05) is 23.9 Å². The van der Waals surface area contributed by atoms with Crippen LogP contribution < -0.4 is 19.7 Å². The van der Waals surface area contributed by atoms with Gasteiger partial charge in [0.1, 0.15) is 18.1 Å². The Labute approximate surface area is 180 Å². The molecule has 31 heavy (non-hydrogen) atoms. The number of amides is 2. The summed E-state index contributed by atoms with van der Waals surface area (Å²) < 4.78 is 11.2. The monoisotopic (exact) mass is 417 g/mol. The molecule has 1 aliphatic heterocycles. The number of anilines is 2. The Bertz CT molecular complexity index is 1090. The first kappa shape index (κ1) is 20.4. The maximum atomic E-state index is 12.8. The number of carbonyl (C=O) groups is 2. The lowest BCUT2D eigenvalue weighted by atomic mass is 10.2. The van der Waals surface area contributed by atoms with Crippen LogP contribution in [0.3, 0.4) is 0 Å². The molecular weight excluding hydrogens is 394 g/mol. The molecule has 7 heteroatoms. The molecule has 158 valence electrons. The van der Waals surface area contributed by atoms with Crippen LogP contribution >= 0.6 is 0 Å². The van der Waals surface area contributed by atoms with Gasteiger partial charge in [0.25, 0.3) is 5.91 Å². The first-order valence-corrected chi connectivity index (χ1v) is 10.1. The van der Waals surface area contributed by atoms with Gasteiger partial charge in [-0.05, 0) is 48.9 Å². The SMILES string of the molecule is COc1ccc(NC(=O)c2cccc(OCc3cccnc3)c2)cc1N1CCCC1=O. The fraction of sp³-hybridized carbons (Fsp3) is 0.208. The molecular formula is C24H23N3O4. The highest BCUT2D eigenvalue weighted by molar-refractivity contribution is 6.05. The van der Waals surface area contributed by atoms with E-state index in [0.29, 0.717) is 48.0 Å². The van der Waals surface area contributed by atoms with Crippen LogP contribution in [0.4, 0.5) is 11.4 Å². The van der Waals surface area contributed by atoms with Crippen LogP contribution in [0.15, 0.2) is 67.0 Å². The number of hydrogen-bond donors (Lipinski definition) is 1. The summed E-state index contributed by atoms with van der Waals surface area (Å²) >= 11 is 0. The zero-order valence-electron chi connectivity index (χ0n) is 17.2. The molecule has 7 nitrogen and oxygen atoms in total. The maximum absolute atomic E-state index is 12.8. The van der Waals surface area contributed by atoms with Gasteiger partial charge >= 0.3 is 0 Å². The molecule has 1 saturated heterocycles. The van der Waals surface area contributed by atoms with Gasteiger partial charge in [0.15, 0.2) is 0 Å². The van der Waals surface area contributed by atoms with Crippen molar-refractivity contribution in [2.24, 2.45) is 0 Å². The summed E-state index contributed by atoms with van der Waals surface area (Å²) in [4.78, 5) is 30.7. The summed E-state index contributed by atoms with van der Waals surface area (Å²) in [6, 6.07) is 16.0. The van der Waals surface area contributed by atoms with Crippen molar-refractivity contribution in [2.45, 2.75) is 19.4 Å². The summed E-state index contributed by atoms with van der Waals surface area (Å²) in [6.45, 7) is 1.01. The van der Waals surface area contributed by atoms with Crippen molar-refractivity contribution in [3.8, 4) is 11.5 Å². The topological polar surface area (TPSA) is 80.8 Å². The van der Waals surface area contributed by atoms with Crippen LogP contribution in [0.25, 0.3) is 0 Å². The fourth-order valence-electron chi connectivity index (χ4n) is 3.46. The third kappa shape index (κ3) is 4.83. The van der Waals surface area contributed by atoms with Crippen molar-refractivity contribution in [1.29, 1.82) is 0 Å². The number of nitrogens with one attached hydrogen (secondary N) is 1. The predicted molar refractivity (Wildman–Crippen MR) is 118 cm³/mol. The first-order valence-electron chi connectivity index (χ1n) is 10.1. The third-order valence-electron chi connectivity index (χ3n) is 5.03. The molecule has 3 aromatic rings. The van der Waals surface area contributed by atoms with Crippen molar-refractivity contribution in [3.05, 3.63) is 78.1 Å². The van der Waals surface area contributed by atoms with E-state index in [1.165, 1.54) is 0 Å². The smallest absolute Gasteiger partial charge is 0.255 e. The van der Waals surface area contributed by atoms with Gasteiger partial charge in [-0.1, -0.05) is 12.1 Å². The Morgan fingerprint density at radius 1 is 1.16 bits per heavy atom. The second-order valence-corrected chi connectivity index (χ2v) is 7.17. The highest BCUT2D eigenvalue weighted by atomic mass is 16.5. The Morgan fingerprint density at radius 2 is 2.06 bits per heavy atom. The number of nitrogens with zero attached hydrogens (tertiary/aromatic N) is 2. The summed E-state index contributed by atoms with van der Waals surface area (Å²) in [5, 5.41) is 2.89. The minimum atomic E-state index is -0.268. The molecule has 0 aliphatic carbocycles. The van der Waals surface area contributed by atoms with E-state index in [-0.39, 0.29) is 11.8 Å². The molecule has 0 unspecified atom stereocenters. The highest BCUT2D eigenvalue weighted by Gasteiger charge is 2.25. The average Bonchev–Trinajstić information content (AvgIpc) is 3.24. The summed E-state index contributed by atoms with van der Waals surface area (Å²) in [5.74, 6) is 0.976. The molecule has 2 amide bonds. The number of pyridine rings is 1. The molecule has 0 atom stereocenters. The Morgan fingerprint density at radius 3 is 2.81 bits per heavy atom. The normalized spacial score (nSPS) is 13.2. The lowest BCUT2D eigenvalue weighted by molar-refractivity contribution is -0.117. The molecule has 2 heterocycles. The lowest BCUT2D eigenvalue weighted by Crippen LogP contribution is -2.24. The quantitative estimate of drug-likeness (QED) is 0.627. The van der Waals surface area contributed by atoms with E-state index >= 15 is 0 Å². The van der Waals surface area contributed by atoms with Gasteiger partial charge in [0.2, 0.25) is 5.91 Å². The van der Waals surface area contributed by atoms with E-state index in [9.17, 15) is 9.59 Å². The van der Waals surface area contributed by atoms with E-state index in [1.54, 1.807) is 66.9 Å². The predicted octanol–water partition coefficient (Wildman–Crippen LogP) is 4.05. The molecule has 4 rings (SSSR count). The molecule has 1 N–H and O–H groups in total. The molecule has 1 aliphatic rings. The van der Waals surface area contributed by atoms with E-state index in [4.69, 9.17) is 9.47 Å². The molecule has 2 aromatic carbocycles. The van der Waals surface area contributed by atoms with Crippen LogP contribution in [0.2, 0.25) is 0 Å². The molecule has 0 saturated carbocycles. The summed E-state index contributed by atoms with van der Waals surface area (Å²) in [5.41, 5.74) is 2.66. The van der Waals surface area contributed by atoms with E-state index < -0.39 is 0 Å². The number of methoxy groups -OCH3 is 1. The van der Waals surface area contributed by atoms with Gasteiger partial charge in [-0.25, -0.2) is 0 Å². The van der Waals surface area contributed by atoms with Gasteiger partial charge in [0.05, 0.1) is 12.8 Å². The highest BCUT2D eigenvalue weighted by Crippen LogP contribution is 2.34. The standard InChI is InChI=1S/C24H23N3O4/c1-30-22-10-9-19(14-21(22)27-12-4-8-23(27)28)26-24(29)18-6-2-7-20(13-18)31-16-17-5-3-11-25-15-17/h2-3,5-7,9-11,13-15H,4,8,12,16H2,1H3,(H,26,29). The average molecular weight is 417 g/mol. The van der Waals surface area contributed by atoms with Gasteiger partial charge < -0.3 is 19.7 Å². The van der Waals surface area contributed by atoms with Crippen LogP contribution in [-0.4, -0.2) is 30.5 Å². The fourth-order valence-corrected chi connectivity index (χ4v) is 3.46. The van der Waals surface area contributed by atoms with Crippen LogP contribution in [-0.2, 0) is 11.4 Å². The lowest BCUT2D eigenvalue weighted by Gasteiger charge is -2.20. The number of ether oxygens (including phenoxy) is 2. The second-order valence-electron chi connectivity index (χ2n) is 7.17. The number of benzene rings is 2. The zero-order valence-corrected chi connectivity index (χ0v) is 17.2. The minimum Gasteiger partial charge on any atom is -0.495 e. The van der Waals surface area contributed by atoms with Crippen molar-refractivity contribution in [3.63, 3.8) is 0 Å². The largest absolute Gasteiger partial charge is 0.495 e. The van der Waals surface area contributed by atoms with Crippen LogP contribution in [0.5, 0.6) is 11.5 Å². The van der Waals surface area contributed by atoms with Crippen molar-refractivity contribution >= 4 is 23.2 Å². The van der Waals surface area contributed by atoms with Crippen LogP contribution in [0.1, 0.15) is 28.8 Å². The Kier molecular flexibility index (Phi) is 6.12. The Hall–Kier alpha value is -3.87. The van der Waals surface area contributed by atoms with Gasteiger partial charge in [-0.2, -0.15) is 0 Å². The van der Waals surface area contributed by atoms with Gasteiger partial charge in [-0.15, -0.1) is 0 Å². The molecule has 0 bridgehead atoms. The molecule has 1 aromatic heterocycles. The third-order valence-corrected chi connectivity index (χ3v) is 5.03. The first-order chi connectivity index (χ1) is 15.1. The van der Waals surface area contributed by atoms with E-state index in [1.807, 2.05) is 12.1 Å². The zero-order chi connectivity index (χ0) is 21.6. The molecule has 0 radical (unpaired) electrons. The minimum absolute atomic E-state index is 0.0558. The van der Waals surface area contributed by atoms with Gasteiger partial charge in [-0.3, -0.25) is 14.6 Å². The van der Waals surface area contributed by atoms with E-state index in [0.717, 1.165) is 12.0 Å². The summed E-state index contributed by atoms with van der Waals surface area (Å²) in [7, 11) is 1.56. The van der Waals surface area contributed by atoms with Gasteiger partial charge in [0, 0.05) is 42.2 Å².